The van der Waals surface area contributed by atoms with Crippen LogP contribution in [0, 0.1) is 13.8 Å². The van der Waals surface area contributed by atoms with Crippen LogP contribution >= 0.6 is 0 Å². The van der Waals surface area contributed by atoms with Crippen molar-refractivity contribution in [3.63, 3.8) is 0 Å². The molecule has 0 spiro atoms. The van der Waals surface area contributed by atoms with Crippen LogP contribution in [0.15, 0.2) is 42.5 Å². The van der Waals surface area contributed by atoms with Crippen molar-refractivity contribution in [1.29, 1.82) is 0 Å². The Kier molecular flexibility index (Phi) is 5.40. The van der Waals surface area contributed by atoms with Crippen LogP contribution in [0.25, 0.3) is 0 Å². The topological polar surface area (TPSA) is 21.3 Å². The number of benzene rings is 2. The van der Waals surface area contributed by atoms with Gasteiger partial charge in [0.25, 0.3) is 0 Å². The average Bonchev–Trinajstić information content (AvgIpc) is 2.48. The first-order valence-electron chi connectivity index (χ1n) is 7.62. The highest BCUT2D eigenvalue weighted by Gasteiger charge is 2.06. The molecule has 0 bridgehead atoms. The van der Waals surface area contributed by atoms with Crippen LogP contribution in [0.5, 0.6) is 5.75 Å². The van der Waals surface area contributed by atoms with E-state index in [1.54, 1.807) is 0 Å². The first kappa shape index (κ1) is 15.6. The molecule has 2 heteroatoms. The molecular weight excluding hydrogens is 258 g/mol. The van der Waals surface area contributed by atoms with Crippen molar-refractivity contribution in [1.82, 2.24) is 5.32 Å². The number of hydrogen-bond acceptors (Lipinski definition) is 2. The highest BCUT2D eigenvalue weighted by molar-refractivity contribution is 5.32. The molecule has 2 nitrogen and oxygen atoms in total. The van der Waals surface area contributed by atoms with E-state index in [9.17, 15) is 0 Å². The molecule has 0 saturated heterocycles. The Hall–Kier alpha value is -1.80. The minimum atomic E-state index is 0.333. The molecule has 2 aromatic rings. The van der Waals surface area contributed by atoms with Crippen LogP contribution in [0.4, 0.5) is 0 Å². The van der Waals surface area contributed by atoms with E-state index in [0.29, 0.717) is 12.6 Å². The van der Waals surface area contributed by atoms with E-state index in [1.165, 1.54) is 22.3 Å². The lowest BCUT2D eigenvalue weighted by molar-refractivity contribution is 0.339. The number of rotatable bonds is 6. The van der Waals surface area contributed by atoms with Crippen LogP contribution in [0.1, 0.15) is 42.1 Å². The van der Waals surface area contributed by atoms with Gasteiger partial charge >= 0.3 is 0 Å². The van der Waals surface area contributed by atoms with Gasteiger partial charge in [-0.2, -0.15) is 0 Å². The Morgan fingerprint density at radius 3 is 2.57 bits per heavy atom. The monoisotopic (exact) mass is 283 g/mol. The van der Waals surface area contributed by atoms with Crippen molar-refractivity contribution in [2.45, 2.75) is 40.3 Å². The molecule has 0 amide bonds. The summed E-state index contributed by atoms with van der Waals surface area (Å²) in [6, 6.07) is 15.3. The summed E-state index contributed by atoms with van der Waals surface area (Å²) in [5.74, 6) is 0.940. The normalized spacial score (nSPS) is 12.2. The molecule has 2 aromatic carbocycles. The summed E-state index contributed by atoms with van der Waals surface area (Å²) in [6.45, 7) is 10.1. The van der Waals surface area contributed by atoms with E-state index < -0.39 is 0 Å². The Balaban J connectivity index is 1.98. The van der Waals surface area contributed by atoms with E-state index in [0.717, 1.165) is 12.3 Å². The van der Waals surface area contributed by atoms with Crippen LogP contribution in [-0.4, -0.2) is 6.61 Å². The van der Waals surface area contributed by atoms with Crippen LogP contribution in [-0.2, 0) is 6.54 Å². The number of ether oxygens (including phenoxy) is 1. The minimum Gasteiger partial charge on any atom is -0.494 e. The molecule has 2 rings (SSSR count). The van der Waals surface area contributed by atoms with E-state index in [1.807, 2.05) is 19.1 Å². The number of nitrogens with one attached hydrogen (secondary N) is 1. The molecular formula is C19H25NO. The standard InChI is InChI=1S/C19H25NO/c1-5-21-19-8-6-7-17(12-19)13-20-16(4)18-10-9-14(2)15(3)11-18/h6-12,16,20H,5,13H2,1-4H3. The van der Waals surface area contributed by atoms with Gasteiger partial charge in [0.2, 0.25) is 0 Å². The van der Waals surface area contributed by atoms with E-state index in [-0.39, 0.29) is 0 Å². The van der Waals surface area contributed by atoms with Gasteiger partial charge in [0.05, 0.1) is 6.61 Å². The van der Waals surface area contributed by atoms with Gasteiger partial charge in [0, 0.05) is 12.6 Å². The highest BCUT2D eigenvalue weighted by Crippen LogP contribution is 2.18. The predicted octanol–water partition coefficient (Wildman–Crippen LogP) is 4.55. The van der Waals surface area contributed by atoms with Gasteiger partial charge < -0.3 is 10.1 Å². The van der Waals surface area contributed by atoms with Crippen LogP contribution in [0.3, 0.4) is 0 Å². The smallest absolute Gasteiger partial charge is 0.119 e. The molecule has 0 radical (unpaired) electrons. The Bertz CT molecular complexity index is 592. The third-order valence-electron chi connectivity index (χ3n) is 3.85. The number of hydrogen-bond donors (Lipinski definition) is 1. The zero-order valence-electron chi connectivity index (χ0n) is 13.4. The van der Waals surface area contributed by atoms with Crippen LogP contribution < -0.4 is 10.1 Å². The second-order valence-corrected chi connectivity index (χ2v) is 5.53. The quantitative estimate of drug-likeness (QED) is 0.839. The summed E-state index contributed by atoms with van der Waals surface area (Å²) in [6.07, 6.45) is 0. The fourth-order valence-corrected chi connectivity index (χ4v) is 2.33. The number of aryl methyl sites for hydroxylation is 2. The van der Waals surface area contributed by atoms with Crippen molar-refractivity contribution in [3.05, 3.63) is 64.7 Å². The average molecular weight is 283 g/mol. The van der Waals surface area contributed by atoms with Crippen LogP contribution in [0.2, 0.25) is 0 Å². The second kappa shape index (κ2) is 7.28. The molecule has 0 aliphatic carbocycles. The molecule has 1 N–H and O–H groups in total. The first-order chi connectivity index (χ1) is 10.1. The zero-order chi connectivity index (χ0) is 15.2. The van der Waals surface area contributed by atoms with Gasteiger partial charge in [-0.15, -0.1) is 0 Å². The fraction of sp³-hybridized carbons (Fsp3) is 0.368. The summed E-state index contributed by atoms with van der Waals surface area (Å²) in [7, 11) is 0. The molecule has 0 heterocycles. The second-order valence-electron chi connectivity index (χ2n) is 5.53. The van der Waals surface area contributed by atoms with E-state index in [2.05, 4.69) is 56.4 Å². The SMILES string of the molecule is CCOc1cccc(CNC(C)c2ccc(C)c(C)c2)c1. The summed E-state index contributed by atoms with van der Waals surface area (Å²) >= 11 is 0. The zero-order valence-corrected chi connectivity index (χ0v) is 13.4. The molecule has 0 aliphatic rings. The lowest BCUT2D eigenvalue weighted by Crippen LogP contribution is -2.18. The third-order valence-corrected chi connectivity index (χ3v) is 3.85. The van der Waals surface area contributed by atoms with Crippen molar-refractivity contribution in [2.24, 2.45) is 0 Å². The van der Waals surface area contributed by atoms with Gasteiger partial charge in [-0.1, -0.05) is 30.3 Å². The maximum Gasteiger partial charge on any atom is 0.119 e. The fourth-order valence-electron chi connectivity index (χ4n) is 2.33. The molecule has 0 saturated carbocycles. The van der Waals surface area contributed by atoms with Gasteiger partial charge in [-0.25, -0.2) is 0 Å². The lowest BCUT2D eigenvalue weighted by Gasteiger charge is -2.16. The summed E-state index contributed by atoms with van der Waals surface area (Å²) in [4.78, 5) is 0. The van der Waals surface area contributed by atoms with Crippen molar-refractivity contribution in [3.8, 4) is 5.75 Å². The maximum absolute atomic E-state index is 5.54. The van der Waals surface area contributed by atoms with Crippen molar-refractivity contribution < 1.29 is 4.74 Å². The van der Waals surface area contributed by atoms with Crippen molar-refractivity contribution in [2.75, 3.05) is 6.61 Å². The highest BCUT2D eigenvalue weighted by atomic mass is 16.5. The molecule has 0 aromatic heterocycles. The molecule has 0 aliphatic heterocycles. The summed E-state index contributed by atoms with van der Waals surface area (Å²) in [5.41, 5.74) is 5.27. The lowest BCUT2D eigenvalue weighted by atomic mass is 10.0. The molecule has 0 fully saturated rings. The van der Waals surface area contributed by atoms with Gasteiger partial charge in [-0.05, 0) is 62.1 Å². The first-order valence-corrected chi connectivity index (χ1v) is 7.62. The van der Waals surface area contributed by atoms with Gasteiger partial charge in [-0.3, -0.25) is 0 Å². The summed E-state index contributed by atoms with van der Waals surface area (Å²) < 4.78 is 5.54. The Morgan fingerprint density at radius 2 is 1.86 bits per heavy atom. The predicted molar refractivity (Wildman–Crippen MR) is 88.8 cm³/mol. The molecule has 112 valence electrons. The third kappa shape index (κ3) is 4.33. The molecule has 1 atom stereocenters. The minimum absolute atomic E-state index is 0.333. The maximum atomic E-state index is 5.54. The van der Waals surface area contributed by atoms with E-state index >= 15 is 0 Å². The van der Waals surface area contributed by atoms with E-state index in [4.69, 9.17) is 4.74 Å². The van der Waals surface area contributed by atoms with Crippen molar-refractivity contribution >= 4 is 0 Å². The van der Waals surface area contributed by atoms with Gasteiger partial charge in [0.1, 0.15) is 5.75 Å². The molecule has 21 heavy (non-hydrogen) atoms. The largest absolute Gasteiger partial charge is 0.494 e. The summed E-state index contributed by atoms with van der Waals surface area (Å²) in [5, 5.41) is 3.58. The molecule has 1 unspecified atom stereocenters. The van der Waals surface area contributed by atoms with Gasteiger partial charge in [0.15, 0.2) is 0 Å². The Morgan fingerprint density at radius 1 is 1.05 bits per heavy atom. The Labute approximate surface area is 128 Å².